The maximum atomic E-state index is 11.9. The highest BCUT2D eigenvalue weighted by Crippen LogP contribution is 2.25. The molecule has 5 heteroatoms. The van der Waals surface area contributed by atoms with E-state index in [2.05, 4.69) is 28.1 Å². The lowest BCUT2D eigenvalue weighted by atomic mass is 10.0. The highest BCUT2D eigenvalue weighted by Gasteiger charge is 2.42. The van der Waals surface area contributed by atoms with Crippen LogP contribution in [0.5, 0.6) is 0 Å². The van der Waals surface area contributed by atoms with Gasteiger partial charge < -0.3 is 9.59 Å². The molecule has 0 aromatic carbocycles. The first-order valence-corrected chi connectivity index (χ1v) is 7.44. The smallest absolute Gasteiger partial charge is 0.229 e. The third-order valence-electron chi connectivity index (χ3n) is 3.79. The minimum atomic E-state index is -0.116. The van der Waals surface area contributed by atoms with E-state index < -0.39 is 0 Å². The number of carbonyl (C=O) groups excluding carboxylic acids is 1. The van der Waals surface area contributed by atoms with Crippen LogP contribution in [0.25, 0.3) is 0 Å². The molecule has 0 aromatic rings. The summed E-state index contributed by atoms with van der Waals surface area (Å²) >= 11 is 0. The van der Waals surface area contributed by atoms with Crippen LogP contribution in [-0.4, -0.2) is 68.8 Å². The first-order valence-electron chi connectivity index (χ1n) is 7.44. The molecule has 20 heavy (non-hydrogen) atoms. The van der Waals surface area contributed by atoms with E-state index in [-0.39, 0.29) is 20.4 Å². The van der Waals surface area contributed by atoms with E-state index in [1.54, 1.807) is 6.92 Å². The molecule has 1 fully saturated rings. The van der Waals surface area contributed by atoms with Gasteiger partial charge in [-0.2, -0.15) is 0 Å². The zero-order valence-corrected chi connectivity index (χ0v) is 13.8. The molecule has 0 aromatic heterocycles. The van der Waals surface area contributed by atoms with Gasteiger partial charge in [-0.3, -0.25) is 9.69 Å². The molecule has 3 unspecified atom stereocenters. The van der Waals surface area contributed by atoms with E-state index >= 15 is 0 Å². The predicted octanol–water partition coefficient (Wildman–Crippen LogP) is 0.623. The summed E-state index contributed by atoms with van der Waals surface area (Å²) in [6, 6.07) is 0. The summed E-state index contributed by atoms with van der Waals surface area (Å²) in [5, 5.41) is 8.36. The summed E-state index contributed by atoms with van der Waals surface area (Å²) in [5.41, 5.74) is 0. The van der Waals surface area contributed by atoms with Crippen molar-refractivity contribution >= 4 is 14.3 Å². The van der Waals surface area contributed by atoms with Crippen molar-refractivity contribution in [3.63, 3.8) is 0 Å². The van der Waals surface area contributed by atoms with Crippen molar-refractivity contribution in [2.45, 2.75) is 59.2 Å². The molecule has 0 radical (unpaired) electrons. The lowest BCUT2D eigenvalue weighted by Crippen LogP contribution is -2.65. The second-order valence-electron chi connectivity index (χ2n) is 6.48. The van der Waals surface area contributed by atoms with Crippen LogP contribution < -0.4 is 0 Å². The van der Waals surface area contributed by atoms with Gasteiger partial charge in [0.05, 0.1) is 27.2 Å². The fraction of sp³-hybridized carbons (Fsp3) is 0.933. The van der Waals surface area contributed by atoms with E-state index in [0.29, 0.717) is 12.1 Å². The SMILES string of the molecule is CCC(C)C(=O)N1CCC1[N+](C)(C)C.CCC(C)O.[BH4-]. The lowest BCUT2D eigenvalue weighted by Gasteiger charge is -2.48. The molecule has 0 aliphatic carbocycles. The Hall–Kier alpha value is -0.545. The molecule has 1 heterocycles. The average molecular weight is 288 g/mol. The van der Waals surface area contributed by atoms with Crippen LogP contribution in [0, 0.1) is 5.92 Å². The van der Waals surface area contributed by atoms with Crippen molar-refractivity contribution < 1.29 is 14.4 Å². The molecule has 1 N–H and O–H groups in total. The highest BCUT2D eigenvalue weighted by molar-refractivity contribution is 5.79. The minimum Gasteiger partial charge on any atom is -0.393 e. The van der Waals surface area contributed by atoms with Crippen molar-refractivity contribution in [2.24, 2.45) is 5.92 Å². The maximum Gasteiger partial charge on any atom is 0.229 e. The number of aliphatic hydroxyl groups is 1. The molecule has 1 rings (SSSR count). The number of aliphatic hydroxyl groups excluding tert-OH is 1. The van der Waals surface area contributed by atoms with Crippen LogP contribution in [0.2, 0.25) is 0 Å². The van der Waals surface area contributed by atoms with Gasteiger partial charge in [-0.05, 0) is 19.8 Å². The zero-order chi connectivity index (χ0) is 15.2. The molecule has 1 aliphatic heterocycles. The molecule has 3 atom stereocenters. The number of rotatable bonds is 4. The molecular weight excluding hydrogens is 251 g/mol. The Morgan fingerprint density at radius 3 is 1.90 bits per heavy atom. The van der Waals surface area contributed by atoms with Gasteiger partial charge in [-0.25, -0.2) is 0 Å². The van der Waals surface area contributed by atoms with Gasteiger partial charge in [-0.1, -0.05) is 29.2 Å². The Morgan fingerprint density at radius 1 is 1.25 bits per heavy atom. The molecular formula is C15H37BN2O2. The Kier molecular flexibility index (Phi) is 10.2. The van der Waals surface area contributed by atoms with Crippen molar-refractivity contribution in [2.75, 3.05) is 27.7 Å². The lowest BCUT2D eigenvalue weighted by molar-refractivity contribution is -0.913. The summed E-state index contributed by atoms with van der Waals surface area (Å²) in [4.78, 5) is 14.0. The van der Waals surface area contributed by atoms with Gasteiger partial charge in [0.25, 0.3) is 0 Å². The average Bonchev–Trinajstić information content (AvgIpc) is 2.24. The van der Waals surface area contributed by atoms with Gasteiger partial charge >= 0.3 is 0 Å². The number of carbonyl (C=O) groups is 1. The van der Waals surface area contributed by atoms with Crippen LogP contribution in [0.4, 0.5) is 0 Å². The van der Waals surface area contributed by atoms with Crippen molar-refractivity contribution in [1.82, 2.24) is 4.90 Å². The number of likely N-dealkylation sites (tertiary alicyclic amines) is 1. The number of amides is 1. The highest BCUT2D eigenvalue weighted by atomic mass is 16.3. The van der Waals surface area contributed by atoms with E-state index in [0.717, 1.165) is 30.3 Å². The van der Waals surface area contributed by atoms with Gasteiger partial charge in [0.15, 0.2) is 6.17 Å². The number of hydrogen-bond acceptors (Lipinski definition) is 2. The van der Waals surface area contributed by atoms with Crippen LogP contribution in [0.3, 0.4) is 0 Å². The predicted molar refractivity (Wildman–Crippen MR) is 90.9 cm³/mol. The largest absolute Gasteiger partial charge is 0.393 e. The van der Waals surface area contributed by atoms with Gasteiger partial charge in [-0.15, -0.1) is 0 Å². The Bertz CT molecular complexity index is 278. The third kappa shape index (κ3) is 6.75. The van der Waals surface area contributed by atoms with E-state index in [9.17, 15) is 4.79 Å². The molecule has 0 bridgehead atoms. The number of nitrogens with zero attached hydrogens (tertiary/aromatic N) is 2. The fourth-order valence-electron chi connectivity index (χ4n) is 1.89. The Balaban J connectivity index is 0. The Morgan fingerprint density at radius 2 is 1.70 bits per heavy atom. The fourth-order valence-corrected chi connectivity index (χ4v) is 1.89. The Labute approximate surface area is 127 Å². The van der Waals surface area contributed by atoms with E-state index in [4.69, 9.17) is 5.11 Å². The maximum absolute atomic E-state index is 11.9. The summed E-state index contributed by atoms with van der Waals surface area (Å²) in [7, 11) is 6.46. The number of quaternary nitrogens is 1. The van der Waals surface area contributed by atoms with Crippen molar-refractivity contribution in [1.29, 1.82) is 0 Å². The molecule has 1 amide bonds. The monoisotopic (exact) mass is 288 g/mol. The molecule has 0 saturated carbocycles. The molecule has 1 aliphatic rings. The van der Waals surface area contributed by atoms with Crippen LogP contribution in [0.1, 0.15) is 47.0 Å². The van der Waals surface area contributed by atoms with Gasteiger partial charge in [0.1, 0.15) is 0 Å². The number of hydrogen-bond donors (Lipinski definition) is 1. The van der Waals surface area contributed by atoms with Crippen LogP contribution in [-0.2, 0) is 4.79 Å². The van der Waals surface area contributed by atoms with E-state index in [1.165, 1.54) is 0 Å². The molecule has 0 spiro atoms. The van der Waals surface area contributed by atoms with Crippen molar-refractivity contribution in [3.05, 3.63) is 0 Å². The third-order valence-corrected chi connectivity index (χ3v) is 3.79. The summed E-state index contributed by atoms with van der Waals surface area (Å²) in [6.07, 6.45) is 3.23. The summed E-state index contributed by atoms with van der Waals surface area (Å²) < 4.78 is 0.863. The quantitative estimate of drug-likeness (QED) is 0.609. The zero-order valence-electron chi connectivity index (χ0n) is 13.8. The molecule has 4 nitrogen and oxygen atoms in total. The van der Waals surface area contributed by atoms with Gasteiger partial charge in [0.2, 0.25) is 5.91 Å². The minimum absolute atomic E-state index is 0. The second kappa shape index (κ2) is 9.40. The van der Waals surface area contributed by atoms with Gasteiger partial charge in [0, 0.05) is 18.9 Å². The topological polar surface area (TPSA) is 40.5 Å². The van der Waals surface area contributed by atoms with Crippen molar-refractivity contribution in [3.8, 4) is 0 Å². The standard InChI is InChI=1S/C11H23N2O.C4H10O.BH4/c1-6-9(2)11(14)12-8-7-10(12)13(3,4)5;1-3-4(2)5;/h9-10H,6-8H2,1-5H3;4-5H,3H2,1-2H3;1H4/q+1;;-1. The molecule has 122 valence electrons. The summed E-state index contributed by atoms with van der Waals surface area (Å²) in [6.45, 7) is 8.77. The van der Waals surface area contributed by atoms with Crippen LogP contribution >= 0.6 is 0 Å². The van der Waals surface area contributed by atoms with Crippen LogP contribution in [0.15, 0.2) is 0 Å². The molecule has 1 saturated heterocycles. The second-order valence-corrected chi connectivity index (χ2v) is 6.48. The normalized spacial score (nSPS) is 20.8. The summed E-state index contributed by atoms with van der Waals surface area (Å²) in [5.74, 6) is 0.515. The first-order chi connectivity index (χ1) is 8.65. The first kappa shape index (κ1) is 21.7. The van der Waals surface area contributed by atoms with E-state index in [1.807, 2.05) is 18.7 Å².